The number of non-ortho nitro benzene ring substituents is 1. The summed E-state index contributed by atoms with van der Waals surface area (Å²) in [5.41, 5.74) is 0.923. The molecule has 0 amide bonds. The maximum Gasteiger partial charge on any atom is 0.337 e. The fourth-order valence-electron chi connectivity index (χ4n) is 1.75. The van der Waals surface area contributed by atoms with Gasteiger partial charge in [-0.05, 0) is 40.2 Å². The zero-order chi connectivity index (χ0) is 17.0. The number of esters is 1. The summed E-state index contributed by atoms with van der Waals surface area (Å²) < 4.78 is 4.79. The Balaban J connectivity index is 2.29. The summed E-state index contributed by atoms with van der Waals surface area (Å²) in [5, 5.41) is 20.7. The number of halogens is 1. The predicted octanol–water partition coefficient (Wildman–Crippen LogP) is 3.60. The van der Waals surface area contributed by atoms with Crippen molar-refractivity contribution in [3.8, 4) is 5.75 Å². The molecule has 118 valence electrons. The summed E-state index contributed by atoms with van der Waals surface area (Å²) in [6.45, 7) is 0. The molecule has 0 radical (unpaired) electrons. The molecule has 0 saturated heterocycles. The fourth-order valence-corrected chi connectivity index (χ4v) is 2.22. The lowest BCUT2D eigenvalue weighted by atomic mass is 10.2. The zero-order valence-electron chi connectivity index (χ0n) is 11.9. The van der Waals surface area contributed by atoms with Crippen molar-refractivity contribution < 1.29 is 19.6 Å². The molecule has 0 heterocycles. The summed E-state index contributed by atoms with van der Waals surface area (Å²) in [6, 6.07) is 8.69. The van der Waals surface area contributed by atoms with Crippen LogP contribution in [-0.4, -0.2) is 29.3 Å². The van der Waals surface area contributed by atoms with Crippen LogP contribution in [0.2, 0.25) is 0 Å². The Morgan fingerprint density at radius 3 is 2.57 bits per heavy atom. The van der Waals surface area contributed by atoms with Crippen molar-refractivity contribution in [1.82, 2.24) is 0 Å². The molecule has 7 nitrogen and oxygen atoms in total. The number of phenolic OH excluding ortho intramolecular Hbond substituents is 1. The number of methoxy groups -OCH3 is 1. The third kappa shape index (κ3) is 3.92. The van der Waals surface area contributed by atoms with E-state index in [2.05, 4.69) is 25.7 Å². The van der Waals surface area contributed by atoms with Gasteiger partial charge in [0, 0.05) is 23.9 Å². The number of carbonyl (C=O) groups excluding carboxylic acids is 1. The number of rotatable bonds is 4. The highest BCUT2D eigenvalue weighted by Gasteiger charge is 2.13. The second-order valence-corrected chi connectivity index (χ2v) is 5.27. The highest BCUT2D eigenvalue weighted by Crippen LogP contribution is 2.31. The first kappa shape index (κ1) is 16.6. The van der Waals surface area contributed by atoms with Crippen molar-refractivity contribution >= 4 is 39.5 Å². The minimum absolute atomic E-state index is 0.148. The largest absolute Gasteiger partial charge is 0.506 e. The van der Waals surface area contributed by atoms with Crippen LogP contribution in [-0.2, 0) is 4.74 Å². The van der Waals surface area contributed by atoms with Crippen LogP contribution in [0.5, 0.6) is 5.75 Å². The minimum Gasteiger partial charge on any atom is -0.506 e. The van der Waals surface area contributed by atoms with Crippen LogP contribution < -0.4 is 0 Å². The van der Waals surface area contributed by atoms with Crippen LogP contribution in [0.3, 0.4) is 0 Å². The molecule has 0 aromatic heterocycles. The van der Waals surface area contributed by atoms with Crippen molar-refractivity contribution in [1.29, 1.82) is 0 Å². The summed E-state index contributed by atoms with van der Waals surface area (Å²) >= 11 is 3.06. The van der Waals surface area contributed by atoms with Gasteiger partial charge in [-0.25, -0.2) is 4.79 Å². The van der Waals surface area contributed by atoms with Gasteiger partial charge in [0.1, 0.15) is 5.75 Å². The molecule has 0 bridgehead atoms. The SMILES string of the molecule is COC(=O)c1ccc(N=Cc2cc([N+](=O)[O-])cc(Br)c2O)cc1. The lowest BCUT2D eigenvalue weighted by Gasteiger charge is -2.02. The molecule has 0 saturated carbocycles. The third-order valence-electron chi connectivity index (χ3n) is 2.93. The van der Waals surface area contributed by atoms with E-state index in [-0.39, 0.29) is 21.5 Å². The fraction of sp³-hybridized carbons (Fsp3) is 0.0667. The number of nitro benzene ring substituents is 1. The number of nitrogens with zero attached hydrogens (tertiary/aromatic N) is 2. The van der Waals surface area contributed by atoms with Crippen LogP contribution in [0.25, 0.3) is 0 Å². The molecule has 0 aliphatic carbocycles. The number of hydrogen-bond acceptors (Lipinski definition) is 6. The molecular formula is C15H11BrN2O5. The van der Waals surface area contributed by atoms with Crippen LogP contribution in [0, 0.1) is 10.1 Å². The van der Waals surface area contributed by atoms with E-state index in [9.17, 15) is 20.0 Å². The van der Waals surface area contributed by atoms with E-state index in [1.165, 1.54) is 25.5 Å². The molecule has 0 fully saturated rings. The molecule has 2 rings (SSSR count). The second kappa shape index (κ2) is 7.01. The van der Waals surface area contributed by atoms with E-state index in [4.69, 9.17) is 0 Å². The maximum atomic E-state index is 11.3. The minimum atomic E-state index is -0.563. The Hall–Kier alpha value is -2.74. The van der Waals surface area contributed by atoms with Gasteiger partial charge in [-0.1, -0.05) is 0 Å². The maximum absolute atomic E-state index is 11.3. The monoisotopic (exact) mass is 378 g/mol. The second-order valence-electron chi connectivity index (χ2n) is 4.42. The normalized spacial score (nSPS) is 10.7. The van der Waals surface area contributed by atoms with Gasteiger partial charge in [0.05, 0.1) is 27.8 Å². The van der Waals surface area contributed by atoms with Crippen molar-refractivity contribution in [3.63, 3.8) is 0 Å². The third-order valence-corrected chi connectivity index (χ3v) is 3.53. The number of benzene rings is 2. The van der Waals surface area contributed by atoms with E-state index in [0.29, 0.717) is 11.3 Å². The van der Waals surface area contributed by atoms with Crippen molar-refractivity contribution in [2.75, 3.05) is 7.11 Å². The van der Waals surface area contributed by atoms with Crippen LogP contribution >= 0.6 is 15.9 Å². The number of ether oxygens (including phenoxy) is 1. The van der Waals surface area contributed by atoms with Gasteiger partial charge < -0.3 is 9.84 Å². The summed E-state index contributed by atoms with van der Waals surface area (Å²) in [4.78, 5) is 25.7. The molecule has 0 aliphatic rings. The van der Waals surface area contributed by atoms with E-state index >= 15 is 0 Å². The Labute approximate surface area is 139 Å². The van der Waals surface area contributed by atoms with Gasteiger partial charge in [-0.15, -0.1) is 0 Å². The lowest BCUT2D eigenvalue weighted by molar-refractivity contribution is -0.385. The Kier molecular flexibility index (Phi) is 5.07. The first-order valence-electron chi connectivity index (χ1n) is 6.31. The number of hydrogen-bond donors (Lipinski definition) is 1. The van der Waals surface area contributed by atoms with Crippen LogP contribution in [0.1, 0.15) is 15.9 Å². The van der Waals surface area contributed by atoms with Gasteiger partial charge in [-0.3, -0.25) is 15.1 Å². The first-order valence-corrected chi connectivity index (χ1v) is 7.11. The summed E-state index contributed by atoms with van der Waals surface area (Å²) in [5.74, 6) is -0.605. The van der Waals surface area contributed by atoms with E-state index in [1.807, 2.05) is 0 Å². The smallest absolute Gasteiger partial charge is 0.337 e. The number of aliphatic imine (C=N–C) groups is 1. The van der Waals surface area contributed by atoms with Crippen LogP contribution in [0.4, 0.5) is 11.4 Å². The average molecular weight is 379 g/mol. The molecule has 8 heteroatoms. The standard InChI is InChI=1S/C15H11BrN2O5/c1-23-15(20)9-2-4-11(5-3-9)17-8-10-6-12(18(21)22)7-13(16)14(10)19/h2-8,19H,1H3. The summed E-state index contributed by atoms with van der Waals surface area (Å²) in [6.07, 6.45) is 1.31. The zero-order valence-corrected chi connectivity index (χ0v) is 13.5. The van der Waals surface area contributed by atoms with Gasteiger partial charge in [0.15, 0.2) is 0 Å². The number of carbonyl (C=O) groups is 1. The highest BCUT2D eigenvalue weighted by atomic mass is 79.9. The number of phenols is 1. The molecule has 1 N–H and O–H groups in total. The Morgan fingerprint density at radius 2 is 2.00 bits per heavy atom. The topological polar surface area (TPSA) is 102 Å². The number of nitro groups is 1. The van der Waals surface area contributed by atoms with Crippen molar-refractivity contribution in [2.24, 2.45) is 4.99 Å². The number of aromatic hydroxyl groups is 1. The average Bonchev–Trinajstić information content (AvgIpc) is 2.55. The molecule has 23 heavy (non-hydrogen) atoms. The molecule has 0 atom stereocenters. The highest BCUT2D eigenvalue weighted by molar-refractivity contribution is 9.10. The molecule has 2 aromatic carbocycles. The lowest BCUT2D eigenvalue weighted by Crippen LogP contribution is -1.99. The molecule has 0 spiro atoms. The van der Waals surface area contributed by atoms with Gasteiger partial charge in [0.25, 0.3) is 5.69 Å². The van der Waals surface area contributed by atoms with Crippen molar-refractivity contribution in [3.05, 3.63) is 62.1 Å². The van der Waals surface area contributed by atoms with E-state index < -0.39 is 10.9 Å². The van der Waals surface area contributed by atoms with E-state index in [0.717, 1.165) is 0 Å². The van der Waals surface area contributed by atoms with Crippen molar-refractivity contribution in [2.45, 2.75) is 0 Å². The Morgan fingerprint density at radius 1 is 1.35 bits per heavy atom. The van der Waals surface area contributed by atoms with Gasteiger partial charge >= 0.3 is 5.97 Å². The quantitative estimate of drug-likeness (QED) is 0.379. The Bertz CT molecular complexity index is 787. The molecular weight excluding hydrogens is 368 g/mol. The molecule has 0 aliphatic heterocycles. The predicted molar refractivity (Wildman–Crippen MR) is 87.5 cm³/mol. The molecule has 0 unspecified atom stereocenters. The van der Waals surface area contributed by atoms with E-state index in [1.54, 1.807) is 24.3 Å². The summed E-state index contributed by atoms with van der Waals surface area (Å²) in [7, 11) is 1.29. The van der Waals surface area contributed by atoms with Gasteiger partial charge in [-0.2, -0.15) is 0 Å². The van der Waals surface area contributed by atoms with Crippen LogP contribution in [0.15, 0.2) is 45.9 Å². The first-order chi connectivity index (χ1) is 10.9. The van der Waals surface area contributed by atoms with Gasteiger partial charge in [0.2, 0.25) is 0 Å². The molecule has 2 aromatic rings.